The third-order valence-corrected chi connectivity index (χ3v) is 6.08. The number of piperazine rings is 1. The number of pyridine rings is 1. The number of aryl methyl sites for hydroxylation is 2. The van der Waals surface area contributed by atoms with Crippen molar-refractivity contribution in [3.8, 4) is 0 Å². The standard InChI is InChI=1S/C23H28N6OS/c1-16-13-17(2)15-19(14-16)27-9-11-28(12-10-27)23(31)26-25-20-6-8-29(18(3)30)21-5-4-7-24-22(20)21/h4-5,7,13-15H,6,8-12H2,1-3H3,(H,26,31)/b25-20-. The molecule has 7 nitrogen and oxygen atoms in total. The number of hydrogen-bond donors (Lipinski definition) is 1. The van der Waals surface area contributed by atoms with E-state index in [0.29, 0.717) is 18.1 Å². The van der Waals surface area contributed by atoms with E-state index in [2.05, 4.69) is 57.4 Å². The van der Waals surface area contributed by atoms with Crippen molar-refractivity contribution in [3.05, 3.63) is 53.3 Å². The van der Waals surface area contributed by atoms with Crippen molar-refractivity contribution in [2.24, 2.45) is 5.10 Å². The SMILES string of the molecule is CC(=O)N1CC/C(=N/NC(=S)N2CCN(c3cc(C)cc(C)c3)CC2)c2ncccc21. The highest BCUT2D eigenvalue weighted by Gasteiger charge is 2.26. The van der Waals surface area contributed by atoms with Crippen LogP contribution in [0.25, 0.3) is 0 Å². The van der Waals surface area contributed by atoms with Gasteiger partial charge in [0.15, 0.2) is 5.11 Å². The van der Waals surface area contributed by atoms with Crippen LogP contribution in [0.1, 0.15) is 30.2 Å². The number of fused-ring (bicyclic) bond motifs is 1. The second-order valence-corrected chi connectivity index (χ2v) is 8.47. The quantitative estimate of drug-likeness (QED) is 0.577. The molecule has 2 aliphatic rings. The Balaban J connectivity index is 1.39. The van der Waals surface area contributed by atoms with Gasteiger partial charge in [-0.05, 0) is 61.5 Å². The third kappa shape index (κ3) is 4.69. The summed E-state index contributed by atoms with van der Waals surface area (Å²) in [5, 5.41) is 5.19. The van der Waals surface area contributed by atoms with Gasteiger partial charge in [0.1, 0.15) is 5.69 Å². The maximum atomic E-state index is 11.9. The number of benzene rings is 1. The summed E-state index contributed by atoms with van der Waals surface area (Å²) in [5.74, 6) is 0.0125. The van der Waals surface area contributed by atoms with E-state index >= 15 is 0 Å². The van der Waals surface area contributed by atoms with Gasteiger partial charge in [0.2, 0.25) is 5.91 Å². The van der Waals surface area contributed by atoms with Crippen LogP contribution in [0, 0.1) is 13.8 Å². The summed E-state index contributed by atoms with van der Waals surface area (Å²) < 4.78 is 0. The van der Waals surface area contributed by atoms with Crippen LogP contribution in [0.3, 0.4) is 0 Å². The molecule has 2 aromatic rings. The van der Waals surface area contributed by atoms with Crippen LogP contribution in [0.2, 0.25) is 0 Å². The highest BCUT2D eigenvalue weighted by atomic mass is 32.1. The molecule has 0 saturated carbocycles. The Bertz CT molecular complexity index is 1010. The van der Waals surface area contributed by atoms with Gasteiger partial charge in [-0.3, -0.25) is 15.2 Å². The van der Waals surface area contributed by atoms with Gasteiger partial charge in [0.05, 0.1) is 11.4 Å². The average Bonchev–Trinajstić information content (AvgIpc) is 2.76. The Morgan fingerprint density at radius 3 is 2.48 bits per heavy atom. The number of carbonyl (C=O) groups excluding carboxylic acids is 1. The smallest absolute Gasteiger partial charge is 0.223 e. The van der Waals surface area contributed by atoms with Gasteiger partial charge in [0, 0.05) is 58.0 Å². The summed E-state index contributed by atoms with van der Waals surface area (Å²) in [6.07, 6.45) is 2.36. The Kier molecular flexibility index (Phi) is 6.18. The molecule has 1 aromatic heterocycles. The lowest BCUT2D eigenvalue weighted by molar-refractivity contribution is -0.116. The molecule has 4 rings (SSSR count). The molecule has 1 aromatic carbocycles. The maximum Gasteiger partial charge on any atom is 0.223 e. The van der Waals surface area contributed by atoms with Gasteiger partial charge in [0.25, 0.3) is 0 Å². The Labute approximate surface area is 188 Å². The summed E-state index contributed by atoms with van der Waals surface area (Å²) in [4.78, 5) is 22.7. The van der Waals surface area contributed by atoms with Crippen LogP contribution < -0.4 is 15.2 Å². The topological polar surface area (TPSA) is 64.1 Å². The Morgan fingerprint density at radius 2 is 1.81 bits per heavy atom. The molecule has 31 heavy (non-hydrogen) atoms. The third-order valence-electron chi connectivity index (χ3n) is 5.73. The molecule has 0 unspecified atom stereocenters. The van der Waals surface area contributed by atoms with Crippen LogP contribution in [-0.2, 0) is 4.79 Å². The number of thiocarbonyl (C=S) groups is 1. The van der Waals surface area contributed by atoms with E-state index < -0.39 is 0 Å². The monoisotopic (exact) mass is 436 g/mol. The summed E-state index contributed by atoms with van der Waals surface area (Å²) in [7, 11) is 0. The molecule has 0 atom stereocenters. The highest BCUT2D eigenvalue weighted by Crippen LogP contribution is 2.25. The number of hydrazone groups is 1. The fourth-order valence-electron chi connectivity index (χ4n) is 4.22. The summed E-state index contributed by atoms with van der Waals surface area (Å²) in [5.41, 5.74) is 9.27. The molecule has 8 heteroatoms. The van der Waals surface area contributed by atoms with E-state index in [4.69, 9.17) is 12.2 Å². The Hall–Kier alpha value is -3.00. The van der Waals surface area contributed by atoms with Crippen molar-refractivity contribution in [3.63, 3.8) is 0 Å². The molecule has 0 bridgehead atoms. The number of anilines is 2. The van der Waals surface area contributed by atoms with Crippen molar-refractivity contribution in [2.75, 3.05) is 42.5 Å². The Morgan fingerprint density at radius 1 is 1.10 bits per heavy atom. The van der Waals surface area contributed by atoms with E-state index in [1.807, 2.05) is 12.1 Å². The lowest BCUT2D eigenvalue weighted by Gasteiger charge is -2.37. The zero-order valence-corrected chi connectivity index (χ0v) is 19.1. The van der Waals surface area contributed by atoms with Gasteiger partial charge in [-0.25, -0.2) is 0 Å². The number of amides is 1. The molecule has 1 N–H and O–H groups in total. The molecule has 1 fully saturated rings. The van der Waals surface area contributed by atoms with Crippen molar-refractivity contribution in [2.45, 2.75) is 27.2 Å². The normalized spacial score (nSPS) is 17.5. The molecular weight excluding hydrogens is 408 g/mol. The first-order valence-electron chi connectivity index (χ1n) is 10.6. The lowest BCUT2D eigenvalue weighted by Crippen LogP contribution is -2.51. The molecular formula is C23H28N6OS. The first-order valence-corrected chi connectivity index (χ1v) is 11.0. The van der Waals surface area contributed by atoms with Crippen molar-refractivity contribution < 1.29 is 4.79 Å². The second kappa shape index (κ2) is 9.01. The summed E-state index contributed by atoms with van der Waals surface area (Å²) in [6.45, 7) is 9.96. The van der Waals surface area contributed by atoms with Crippen LogP contribution in [0.15, 0.2) is 41.6 Å². The van der Waals surface area contributed by atoms with Crippen LogP contribution in [0.4, 0.5) is 11.4 Å². The van der Waals surface area contributed by atoms with E-state index in [0.717, 1.165) is 43.3 Å². The fourth-order valence-corrected chi connectivity index (χ4v) is 4.44. The number of carbonyl (C=O) groups is 1. The molecule has 0 spiro atoms. The van der Waals surface area contributed by atoms with Crippen LogP contribution >= 0.6 is 12.2 Å². The maximum absolute atomic E-state index is 11.9. The van der Waals surface area contributed by atoms with Crippen LogP contribution in [-0.4, -0.2) is 59.3 Å². The highest BCUT2D eigenvalue weighted by molar-refractivity contribution is 7.80. The molecule has 3 heterocycles. The molecule has 1 amide bonds. The zero-order valence-electron chi connectivity index (χ0n) is 18.3. The first-order chi connectivity index (χ1) is 14.9. The molecule has 1 saturated heterocycles. The van der Waals surface area contributed by atoms with Crippen molar-refractivity contribution in [1.29, 1.82) is 0 Å². The largest absolute Gasteiger partial charge is 0.368 e. The van der Waals surface area contributed by atoms with Gasteiger partial charge in [-0.1, -0.05) is 6.07 Å². The number of rotatable bonds is 2. The molecule has 162 valence electrons. The van der Waals surface area contributed by atoms with Gasteiger partial charge in [-0.2, -0.15) is 5.10 Å². The van der Waals surface area contributed by atoms with Crippen molar-refractivity contribution in [1.82, 2.24) is 15.3 Å². The van der Waals surface area contributed by atoms with E-state index in [1.165, 1.54) is 16.8 Å². The fraction of sp³-hybridized carbons (Fsp3) is 0.391. The average molecular weight is 437 g/mol. The van der Waals surface area contributed by atoms with Gasteiger partial charge < -0.3 is 14.7 Å². The number of nitrogens with one attached hydrogen (secondary N) is 1. The van der Waals surface area contributed by atoms with Gasteiger partial charge >= 0.3 is 0 Å². The van der Waals surface area contributed by atoms with E-state index in [-0.39, 0.29) is 5.91 Å². The number of hydrogen-bond acceptors (Lipinski definition) is 5. The lowest BCUT2D eigenvalue weighted by atomic mass is 10.1. The molecule has 2 aliphatic heterocycles. The zero-order chi connectivity index (χ0) is 22.0. The molecule has 0 radical (unpaired) electrons. The number of nitrogens with zero attached hydrogens (tertiary/aromatic N) is 5. The minimum atomic E-state index is 0.0125. The summed E-state index contributed by atoms with van der Waals surface area (Å²) >= 11 is 5.61. The summed E-state index contributed by atoms with van der Waals surface area (Å²) in [6, 6.07) is 10.4. The minimum Gasteiger partial charge on any atom is -0.368 e. The predicted octanol–water partition coefficient (Wildman–Crippen LogP) is 2.86. The first kappa shape index (κ1) is 21.2. The minimum absolute atomic E-state index is 0.0125. The van der Waals surface area contributed by atoms with Crippen LogP contribution in [0.5, 0.6) is 0 Å². The second-order valence-electron chi connectivity index (χ2n) is 8.09. The van der Waals surface area contributed by atoms with E-state index in [9.17, 15) is 4.79 Å². The van der Waals surface area contributed by atoms with Gasteiger partial charge in [-0.15, -0.1) is 0 Å². The molecule has 0 aliphatic carbocycles. The van der Waals surface area contributed by atoms with E-state index in [1.54, 1.807) is 18.0 Å². The predicted molar refractivity (Wildman–Crippen MR) is 129 cm³/mol. The van der Waals surface area contributed by atoms with Crippen molar-refractivity contribution >= 4 is 40.3 Å². The number of aromatic nitrogens is 1.